The maximum Gasteiger partial charge on any atom is 0.335 e. The van der Waals surface area contributed by atoms with E-state index in [0.717, 1.165) is 68.8 Å². The van der Waals surface area contributed by atoms with E-state index in [2.05, 4.69) is 5.16 Å². The summed E-state index contributed by atoms with van der Waals surface area (Å²) in [6.07, 6.45) is 7.46. The van der Waals surface area contributed by atoms with Gasteiger partial charge >= 0.3 is 5.97 Å². The van der Waals surface area contributed by atoms with Gasteiger partial charge < -0.3 is 19.1 Å². The summed E-state index contributed by atoms with van der Waals surface area (Å²) in [5, 5.41) is 14.6. The van der Waals surface area contributed by atoms with Gasteiger partial charge in [-0.25, -0.2) is 9.18 Å². The number of carbonyl (C=O) groups is 1. The highest BCUT2D eigenvalue weighted by molar-refractivity contribution is 6.39. The number of ether oxygens (including phenoxy) is 2. The lowest BCUT2D eigenvalue weighted by Gasteiger charge is -2.52. The molecule has 4 saturated carbocycles. The maximum atomic E-state index is 14.3. The molecule has 4 aliphatic rings. The highest BCUT2D eigenvalue weighted by Crippen LogP contribution is 2.55. The fourth-order valence-corrected chi connectivity index (χ4v) is 6.49. The Hall–Kier alpha value is -2.61. The number of nitrogens with zero attached hydrogens (tertiary/aromatic N) is 1. The lowest BCUT2D eigenvalue weighted by atomic mass is 9.59. The monoisotopic (exact) mass is 559 g/mol. The number of aromatic carboxylic acids is 1. The Morgan fingerprint density at radius 1 is 1.08 bits per heavy atom. The van der Waals surface area contributed by atoms with Crippen LogP contribution in [0.1, 0.15) is 79.0 Å². The second kappa shape index (κ2) is 9.85. The normalized spacial score (nSPS) is 24.5. The molecule has 0 radical (unpaired) electrons. The van der Waals surface area contributed by atoms with Crippen molar-refractivity contribution >= 4 is 29.2 Å². The van der Waals surface area contributed by atoms with Crippen molar-refractivity contribution < 1.29 is 28.3 Å². The Labute approximate surface area is 230 Å². The van der Waals surface area contributed by atoms with Crippen LogP contribution in [0.5, 0.6) is 5.75 Å². The lowest BCUT2D eigenvalue weighted by molar-refractivity contribution is -0.150. The summed E-state index contributed by atoms with van der Waals surface area (Å²) in [6.45, 7) is 0.735. The molecule has 0 spiro atoms. The largest absolute Gasteiger partial charge is 0.490 e. The average Bonchev–Trinajstić information content (AvgIpc) is 3.68. The molecule has 200 valence electrons. The summed E-state index contributed by atoms with van der Waals surface area (Å²) >= 11 is 13.0. The first-order valence-electron chi connectivity index (χ1n) is 13.0. The molecule has 1 heterocycles. The van der Waals surface area contributed by atoms with E-state index in [4.69, 9.17) is 37.2 Å². The van der Waals surface area contributed by atoms with Crippen LogP contribution in [-0.2, 0) is 11.3 Å². The zero-order valence-electron chi connectivity index (χ0n) is 20.8. The van der Waals surface area contributed by atoms with E-state index in [0.29, 0.717) is 40.4 Å². The molecule has 1 N–H and O–H groups in total. The quantitative estimate of drug-likeness (QED) is 0.285. The molecule has 38 heavy (non-hydrogen) atoms. The van der Waals surface area contributed by atoms with Gasteiger partial charge in [0.2, 0.25) is 0 Å². The summed E-state index contributed by atoms with van der Waals surface area (Å²) in [7, 11) is 0. The number of carboxylic acids is 1. The summed E-state index contributed by atoms with van der Waals surface area (Å²) in [5.41, 5.74) is 1.95. The maximum absolute atomic E-state index is 14.3. The molecule has 0 amide bonds. The van der Waals surface area contributed by atoms with Crippen LogP contribution in [0.3, 0.4) is 0 Å². The molecule has 0 saturated heterocycles. The third-order valence-corrected chi connectivity index (χ3v) is 9.16. The number of benzene rings is 2. The van der Waals surface area contributed by atoms with Gasteiger partial charge in [-0.3, -0.25) is 0 Å². The number of rotatable bonds is 9. The third kappa shape index (κ3) is 4.80. The fraction of sp³-hybridized carbons (Fsp3) is 0.448. The fourth-order valence-electron chi connectivity index (χ4n) is 5.91. The molecule has 2 bridgehead atoms. The van der Waals surface area contributed by atoms with Gasteiger partial charge in [-0.2, -0.15) is 0 Å². The summed E-state index contributed by atoms with van der Waals surface area (Å²) < 4.78 is 32.6. The van der Waals surface area contributed by atoms with Gasteiger partial charge in [-0.15, -0.1) is 0 Å². The highest BCUT2D eigenvalue weighted by atomic mass is 35.5. The molecule has 2 aromatic carbocycles. The van der Waals surface area contributed by atoms with Gasteiger partial charge in [0.1, 0.15) is 11.5 Å². The van der Waals surface area contributed by atoms with Crippen LogP contribution in [0.15, 0.2) is 40.9 Å². The van der Waals surface area contributed by atoms with Gasteiger partial charge in [0.25, 0.3) is 0 Å². The smallest absolute Gasteiger partial charge is 0.335 e. The Kier molecular flexibility index (Phi) is 6.65. The molecule has 1 aromatic heterocycles. The van der Waals surface area contributed by atoms with Crippen molar-refractivity contribution in [2.75, 3.05) is 6.61 Å². The van der Waals surface area contributed by atoms with E-state index >= 15 is 0 Å². The molecule has 4 aliphatic carbocycles. The van der Waals surface area contributed by atoms with Gasteiger partial charge in [-0.05, 0) is 81.7 Å². The molecule has 0 aliphatic heterocycles. The van der Waals surface area contributed by atoms with Crippen molar-refractivity contribution in [2.45, 2.75) is 69.5 Å². The summed E-state index contributed by atoms with van der Waals surface area (Å²) in [4.78, 5) is 11.3. The van der Waals surface area contributed by atoms with Crippen LogP contribution in [0.4, 0.5) is 4.39 Å². The van der Waals surface area contributed by atoms with Gasteiger partial charge in [0, 0.05) is 22.5 Å². The number of hydrogen-bond acceptors (Lipinski definition) is 5. The van der Waals surface area contributed by atoms with E-state index < -0.39 is 11.8 Å². The van der Waals surface area contributed by atoms with Crippen molar-refractivity contribution in [3.05, 3.63) is 69.1 Å². The summed E-state index contributed by atoms with van der Waals surface area (Å²) in [5.74, 6) is -0.444. The number of halogens is 3. The van der Waals surface area contributed by atoms with Crippen LogP contribution in [0.2, 0.25) is 10.0 Å². The van der Waals surface area contributed by atoms with E-state index in [1.54, 1.807) is 12.1 Å². The summed E-state index contributed by atoms with van der Waals surface area (Å²) in [6, 6.07) is 9.04. The van der Waals surface area contributed by atoms with Crippen LogP contribution >= 0.6 is 23.2 Å². The third-order valence-electron chi connectivity index (χ3n) is 8.53. The standard InChI is InChI=1S/C29H28Cl2FNO5/c30-20-2-1-3-21(31)24(20)25-19(26(38-33-25)17-4-5-17)15-37-29-11-8-28(9-12-29,10-13-29)16-36-23-14-18(27(34)35)6-7-22(23)32/h1-3,6-7,14,17H,4-5,8-13,15-16H2,(H,34,35). The molecule has 7 rings (SSSR count). The zero-order chi connectivity index (χ0) is 26.5. The Bertz CT molecular complexity index is 1340. The molecule has 9 heteroatoms. The zero-order valence-corrected chi connectivity index (χ0v) is 22.3. The van der Waals surface area contributed by atoms with Crippen LogP contribution in [-0.4, -0.2) is 28.4 Å². The molecule has 0 atom stereocenters. The molecular formula is C29H28Cl2FNO5. The minimum Gasteiger partial charge on any atom is -0.490 e. The second-order valence-corrected chi connectivity index (χ2v) is 11.8. The molecular weight excluding hydrogens is 532 g/mol. The minimum atomic E-state index is -1.11. The van der Waals surface area contributed by atoms with Gasteiger partial charge in [0.15, 0.2) is 11.6 Å². The molecule has 0 unspecified atom stereocenters. The predicted octanol–water partition coefficient (Wildman–Crippen LogP) is 8.05. The van der Waals surface area contributed by atoms with Crippen LogP contribution < -0.4 is 4.74 Å². The predicted molar refractivity (Wildman–Crippen MR) is 140 cm³/mol. The van der Waals surface area contributed by atoms with Crippen LogP contribution in [0.25, 0.3) is 11.3 Å². The van der Waals surface area contributed by atoms with Gasteiger partial charge in [-0.1, -0.05) is 34.4 Å². The van der Waals surface area contributed by atoms with Crippen molar-refractivity contribution in [3.8, 4) is 17.0 Å². The first-order chi connectivity index (χ1) is 18.3. The molecule has 6 nitrogen and oxygen atoms in total. The van der Waals surface area contributed by atoms with Crippen molar-refractivity contribution in [3.63, 3.8) is 0 Å². The van der Waals surface area contributed by atoms with E-state index in [-0.39, 0.29) is 22.3 Å². The first kappa shape index (κ1) is 25.7. The average molecular weight is 560 g/mol. The van der Waals surface area contributed by atoms with Crippen molar-refractivity contribution in [2.24, 2.45) is 5.41 Å². The minimum absolute atomic E-state index is 0.00959. The molecule has 3 aromatic rings. The first-order valence-corrected chi connectivity index (χ1v) is 13.8. The number of aromatic nitrogens is 1. The Morgan fingerprint density at radius 3 is 2.39 bits per heavy atom. The second-order valence-electron chi connectivity index (χ2n) is 11.0. The number of carboxylic acid groups (broad SMARTS) is 1. The van der Waals surface area contributed by atoms with Crippen molar-refractivity contribution in [1.29, 1.82) is 0 Å². The number of fused-ring (bicyclic) bond motifs is 3. The van der Waals surface area contributed by atoms with E-state index in [9.17, 15) is 14.3 Å². The molecule has 4 fully saturated rings. The number of hydrogen-bond donors (Lipinski definition) is 1. The van der Waals surface area contributed by atoms with E-state index in [1.165, 1.54) is 12.1 Å². The van der Waals surface area contributed by atoms with Crippen molar-refractivity contribution in [1.82, 2.24) is 5.16 Å². The van der Waals surface area contributed by atoms with Gasteiger partial charge in [0.05, 0.1) is 34.4 Å². The Balaban J connectivity index is 1.14. The lowest BCUT2D eigenvalue weighted by Crippen LogP contribution is -2.49. The SMILES string of the molecule is O=C(O)c1ccc(F)c(OCC23CCC(OCc4c(-c5c(Cl)cccc5Cl)noc4C4CC4)(CC2)CC3)c1. The van der Waals surface area contributed by atoms with E-state index in [1.807, 2.05) is 6.07 Å². The Morgan fingerprint density at radius 2 is 1.76 bits per heavy atom. The van der Waals surface area contributed by atoms with Crippen LogP contribution in [0, 0.1) is 11.2 Å². The highest BCUT2D eigenvalue weighted by Gasteiger charge is 2.50. The topological polar surface area (TPSA) is 81.8 Å².